The Balaban J connectivity index is 2.46. The summed E-state index contributed by atoms with van der Waals surface area (Å²) >= 11 is 5.99. The summed E-state index contributed by atoms with van der Waals surface area (Å²) in [5.74, 6) is 0.163. The van der Waals surface area contributed by atoms with E-state index in [1.54, 1.807) is 0 Å². The lowest BCUT2D eigenvalue weighted by atomic mass is 10.2. The normalized spacial score (nSPS) is 19.3. The van der Waals surface area contributed by atoms with Gasteiger partial charge in [0.05, 0.1) is 11.6 Å². The molecule has 0 unspecified atom stereocenters. The summed E-state index contributed by atoms with van der Waals surface area (Å²) in [7, 11) is 0. The fraction of sp³-hybridized carbons (Fsp3) is 0.300. The lowest BCUT2D eigenvalue weighted by molar-refractivity contribution is 0.247. The molecule has 1 aromatic carbocycles. The topological polar surface area (TPSA) is 27.1 Å². The van der Waals surface area contributed by atoms with Crippen molar-refractivity contribution in [1.82, 2.24) is 9.55 Å². The molecule has 2 heterocycles. The second-order valence-corrected chi connectivity index (χ2v) is 4.02. The van der Waals surface area contributed by atoms with Crippen LogP contribution in [0.5, 0.6) is 5.75 Å². The van der Waals surface area contributed by atoms with E-state index in [9.17, 15) is 4.39 Å². The van der Waals surface area contributed by atoms with Crippen molar-refractivity contribution in [2.75, 3.05) is 6.61 Å². The molecule has 0 bridgehead atoms. The summed E-state index contributed by atoms with van der Waals surface area (Å²) < 4.78 is 20.5. The lowest BCUT2D eigenvalue weighted by Crippen LogP contribution is -2.19. The van der Waals surface area contributed by atoms with Gasteiger partial charge in [0.2, 0.25) is 5.28 Å². The highest BCUT2D eigenvalue weighted by molar-refractivity contribution is 6.29. The number of ether oxygens (including phenoxy) is 1. The Morgan fingerprint density at radius 1 is 1.60 bits per heavy atom. The first kappa shape index (κ1) is 8.97. The molecule has 0 radical (unpaired) electrons. The molecule has 0 fully saturated rings. The van der Waals surface area contributed by atoms with Gasteiger partial charge in [0.25, 0.3) is 0 Å². The second kappa shape index (κ2) is 2.85. The summed E-state index contributed by atoms with van der Waals surface area (Å²) in [6, 6.07) is 2.85. The third-order valence-corrected chi connectivity index (χ3v) is 2.86. The van der Waals surface area contributed by atoms with Crippen molar-refractivity contribution in [3.05, 3.63) is 23.2 Å². The number of imidazole rings is 1. The summed E-state index contributed by atoms with van der Waals surface area (Å²) in [5.41, 5.74) is 1.32. The molecule has 0 amide bonds. The largest absolute Gasteiger partial charge is 0.489 e. The van der Waals surface area contributed by atoms with Crippen LogP contribution in [0.25, 0.3) is 11.0 Å². The molecule has 1 aromatic heterocycles. The molecule has 0 aliphatic carbocycles. The Kier molecular flexibility index (Phi) is 1.71. The zero-order valence-electron chi connectivity index (χ0n) is 8.00. The number of benzene rings is 1. The molecule has 15 heavy (non-hydrogen) atoms. The zero-order valence-corrected chi connectivity index (χ0v) is 8.75. The SMILES string of the molecule is C[C@H]1COc2cc(F)cc3nc(Cl)n1c23. The fourth-order valence-corrected chi connectivity index (χ4v) is 2.27. The van der Waals surface area contributed by atoms with E-state index >= 15 is 0 Å². The Bertz CT molecular complexity index is 552. The molecule has 0 saturated heterocycles. The van der Waals surface area contributed by atoms with E-state index in [0.717, 1.165) is 5.52 Å². The summed E-state index contributed by atoms with van der Waals surface area (Å²) in [6.07, 6.45) is 0. The van der Waals surface area contributed by atoms with Crippen LogP contribution in [0.1, 0.15) is 13.0 Å². The summed E-state index contributed by atoms with van der Waals surface area (Å²) in [5, 5.41) is 0.382. The maximum absolute atomic E-state index is 13.2. The summed E-state index contributed by atoms with van der Waals surface area (Å²) in [6.45, 7) is 2.47. The molecule has 0 saturated carbocycles. The van der Waals surface area contributed by atoms with Crippen molar-refractivity contribution in [1.29, 1.82) is 0 Å². The molecule has 1 aliphatic rings. The van der Waals surface area contributed by atoms with Gasteiger partial charge >= 0.3 is 0 Å². The number of aromatic nitrogens is 2. The van der Waals surface area contributed by atoms with E-state index in [-0.39, 0.29) is 11.9 Å². The number of halogens is 2. The Morgan fingerprint density at radius 3 is 3.20 bits per heavy atom. The second-order valence-electron chi connectivity index (χ2n) is 3.68. The van der Waals surface area contributed by atoms with Crippen LogP contribution in [0, 0.1) is 5.82 Å². The van der Waals surface area contributed by atoms with Crippen LogP contribution in [-0.4, -0.2) is 16.2 Å². The van der Waals surface area contributed by atoms with Crippen molar-refractivity contribution < 1.29 is 9.13 Å². The quantitative estimate of drug-likeness (QED) is 0.691. The first-order valence-corrected chi connectivity index (χ1v) is 5.04. The molecule has 3 nitrogen and oxygen atoms in total. The van der Waals surface area contributed by atoms with Crippen LogP contribution in [-0.2, 0) is 0 Å². The number of hydrogen-bond donors (Lipinski definition) is 0. The van der Waals surface area contributed by atoms with E-state index in [1.165, 1.54) is 12.1 Å². The Hall–Kier alpha value is -1.29. The van der Waals surface area contributed by atoms with Crippen molar-refractivity contribution in [3.8, 4) is 5.75 Å². The number of nitrogens with zero attached hydrogens (tertiary/aromatic N) is 2. The van der Waals surface area contributed by atoms with Gasteiger partial charge in [-0.05, 0) is 18.5 Å². The van der Waals surface area contributed by atoms with E-state index in [0.29, 0.717) is 23.2 Å². The molecule has 5 heteroatoms. The van der Waals surface area contributed by atoms with E-state index in [4.69, 9.17) is 16.3 Å². The minimum absolute atomic E-state index is 0.125. The maximum atomic E-state index is 13.2. The highest BCUT2D eigenvalue weighted by Crippen LogP contribution is 2.35. The molecule has 3 rings (SSSR count). The van der Waals surface area contributed by atoms with Gasteiger partial charge < -0.3 is 9.30 Å². The average Bonchev–Trinajstić information content (AvgIpc) is 2.49. The van der Waals surface area contributed by atoms with E-state index in [1.807, 2.05) is 11.5 Å². The van der Waals surface area contributed by atoms with Crippen LogP contribution in [0.3, 0.4) is 0 Å². The van der Waals surface area contributed by atoms with E-state index in [2.05, 4.69) is 4.98 Å². The lowest BCUT2D eigenvalue weighted by Gasteiger charge is -2.22. The van der Waals surface area contributed by atoms with E-state index < -0.39 is 0 Å². The predicted molar refractivity (Wildman–Crippen MR) is 54.9 cm³/mol. The molecular formula is C10H8ClFN2O. The highest BCUT2D eigenvalue weighted by Gasteiger charge is 2.23. The number of rotatable bonds is 0. The predicted octanol–water partition coefficient (Wildman–Crippen LogP) is 2.78. The van der Waals surface area contributed by atoms with Gasteiger partial charge in [-0.15, -0.1) is 0 Å². The van der Waals surface area contributed by atoms with Gasteiger partial charge in [-0.25, -0.2) is 9.37 Å². The van der Waals surface area contributed by atoms with Crippen LogP contribution in [0.2, 0.25) is 5.28 Å². The first-order chi connectivity index (χ1) is 7.16. The molecule has 0 spiro atoms. The van der Waals surface area contributed by atoms with Crippen LogP contribution >= 0.6 is 11.6 Å². The first-order valence-electron chi connectivity index (χ1n) is 4.66. The third-order valence-electron chi connectivity index (χ3n) is 2.59. The van der Waals surface area contributed by atoms with Crippen molar-refractivity contribution in [3.63, 3.8) is 0 Å². The van der Waals surface area contributed by atoms with Crippen LogP contribution in [0.15, 0.2) is 12.1 Å². The standard InChI is InChI=1S/C10H8ClFN2O/c1-5-4-15-8-3-6(12)2-7-9(8)14(5)10(11)13-7/h2-3,5H,4H2,1H3/t5-/m0/s1. The fourth-order valence-electron chi connectivity index (χ4n) is 1.93. The third kappa shape index (κ3) is 1.14. The molecule has 1 aliphatic heterocycles. The molecule has 0 N–H and O–H groups in total. The van der Waals surface area contributed by atoms with Gasteiger partial charge in [0, 0.05) is 12.1 Å². The molecule has 1 atom stereocenters. The average molecular weight is 227 g/mol. The maximum Gasteiger partial charge on any atom is 0.204 e. The number of hydrogen-bond acceptors (Lipinski definition) is 2. The smallest absolute Gasteiger partial charge is 0.204 e. The molecular weight excluding hydrogens is 219 g/mol. The van der Waals surface area contributed by atoms with Crippen molar-refractivity contribution >= 4 is 22.6 Å². The van der Waals surface area contributed by atoms with Crippen LogP contribution < -0.4 is 4.74 Å². The van der Waals surface area contributed by atoms with Crippen molar-refractivity contribution in [2.24, 2.45) is 0 Å². The molecule has 2 aromatic rings. The minimum Gasteiger partial charge on any atom is -0.489 e. The van der Waals surface area contributed by atoms with Gasteiger partial charge in [0.1, 0.15) is 23.7 Å². The van der Waals surface area contributed by atoms with Gasteiger partial charge in [-0.1, -0.05) is 0 Å². The summed E-state index contributed by atoms with van der Waals surface area (Å²) in [4.78, 5) is 4.10. The Morgan fingerprint density at radius 2 is 2.40 bits per heavy atom. The van der Waals surface area contributed by atoms with Gasteiger partial charge in [0.15, 0.2) is 0 Å². The molecule has 78 valence electrons. The van der Waals surface area contributed by atoms with Gasteiger partial charge in [-0.2, -0.15) is 0 Å². The highest BCUT2D eigenvalue weighted by atomic mass is 35.5. The van der Waals surface area contributed by atoms with Crippen molar-refractivity contribution in [2.45, 2.75) is 13.0 Å². The monoisotopic (exact) mass is 226 g/mol. The zero-order chi connectivity index (χ0) is 10.6. The van der Waals surface area contributed by atoms with Gasteiger partial charge in [-0.3, -0.25) is 0 Å². The van der Waals surface area contributed by atoms with Crippen LogP contribution in [0.4, 0.5) is 4.39 Å². The minimum atomic E-state index is -0.353. The Labute approximate surface area is 90.4 Å².